The Labute approximate surface area is 226 Å². The van der Waals surface area contributed by atoms with E-state index in [1.54, 1.807) is 24.3 Å². The van der Waals surface area contributed by atoms with E-state index < -0.39 is 23.4 Å². The van der Waals surface area contributed by atoms with E-state index in [0.29, 0.717) is 36.5 Å². The number of alkyl halides is 2. The quantitative estimate of drug-likeness (QED) is 0.150. The van der Waals surface area contributed by atoms with Crippen LogP contribution in [0.1, 0.15) is 119 Å². The zero-order chi connectivity index (χ0) is 26.8. The highest BCUT2D eigenvalue weighted by atomic mass is 19.3. The third kappa shape index (κ3) is 8.13. The van der Waals surface area contributed by atoms with Gasteiger partial charge in [0.2, 0.25) is 11.8 Å². The number of fused-ring (bicyclic) bond motifs is 1. The first-order valence-electron chi connectivity index (χ1n) is 14.9. The van der Waals surface area contributed by atoms with Crippen LogP contribution in [0.4, 0.5) is 13.2 Å². The lowest BCUT2D eigenvalue weighted by Crippen LogP contribution is -2.32. The van der Waals surface area contributed by atoms with Gasteiger partial charge >= 0.3 is 0 Å². The van der Waals surface area contributed by atoms with Crippen LogP contribution in [0, 0.1) is 11.9 Å². The molecule has 3 nitrogen and oxygen atoms in total. The van der Waals surface area contributed by atoms with Gasteiger partial charge in [0.1, 0.15) is 5.75 Å². The maximum atomic E-state index is 15.5. The van der Waals surface area contributed by atoms with Crippen molar-refractivity contribution in [3.63, 3.8) is 0 Å². The number of hydrogen-bond acceptors (Lipinski definition) is 3. The largest absolute Gasteiger partial charge is 0.494 e. The van der Waals surface area contributed by atoms with Crippen LogP contribution in [-0.2, 0) is 12.3 Å². The number of halogens is 3. The maximum Gasteiger partial charge on any atom is 0.284 e. The van der Waals surface area contributed by atoms with E-state index >= 15 is 8.78 Å². The smallest absolute Gasteiger partial charge is 0.284 e. The van der Waals surface area contributed by atoms with E-state index in [4.69, 9.17) is 9.47 Å². The molecule has 0 spiro atoms. The van der Waals surface area contributed by atoms with Crippen LogP contribution in [0.15, 0.2) is 30.3 Å². The molecule has 0 amide bonds. The summed E-state index contributed by atoms with van der Waals surface area (Å²) in [5, 5.41) is 0. The minimum Gasteiger partial charge on any atom is -0.494 e. The summed E-state index contributed by atoms with van der Waals surface area (Å²) >= 11 is 0. The van der Waals surface area contributed by atoms with Crippen molar-refractivity contribution in [2.45, 2.75) is 115 Å². The first-order chi connectivity index (χ1) is 18.5. The molecule has 1 unspecified atom stereocenters. The molecule has 2 aliphatic carbocycles. The number of pyridine rings is 1. The zero-order valence-electron chi connectivity index (χ0n) is 23.0. The molecule has 38 heavy (non-hydrogen) atoms. The highest BCUT2D eigenvalue weighted by Gasteiger charge is 2.49. The van der Waals surface area contributed by atoms with E-state index in [-0.39, 0.29) is 12.3 Å². The molecular weight excluding hydrogens is 487 g/mol. The molecule has 1 saturated carbocycles. The Morgan fingerprint density at radius 1 is 0.842 bits per heavy atom. The average molecular weight is 532 g/mol. The van der Waals surface area contributed by atoms with Gasteiger partial charge in [0.15, 0.2) is 0 Å². The number of rotatable bonds is 17. The number of aromatic nitrogens is 1. The Balaban J connectivity index is 1.26. The summed E-state index contributed by atoms with van der Waals surface area (Å²) in [4.78, 5) is 3.75. The lowest BCUT2D eigenvalue weighted by molar-refractivity contribution is -0.0475. The predicted molar refractivity (Wildman–Crippen MR) is 146 cm³/mol. The number of unbranched alkanes of at least 4 members (excludes halogenated alkanes) is 8. The van der Waals surface area contributed by atoms with Gasteiger partial charge in [0.05, 0.1) is 24.7 Å². The molecule has 6 heteroatoms. The second-order valence-electron chi connectivity index (χ2n) is 11.2. The summed E-state index contributed by atoms with van der Waals surface area (Å²) in [6, 6.07) is 8.39. The fraction of sp³-hybridized carbons (Fsp3) is 0.656. The molecule has 0 aliphatic heterocycles. The molecule has 0 radical (unpaired) electrons. The number of ether oxygens (including phenoxy) is 2. The van der Waals surface area contributed by atoms with Crippen LogP contribution in [0.2, 0.25) is 0 Å². The minimum atomic E-state index is -3.34. The maximum absolute atomic E-state index is 15.5. The van der Waals surface area contributed by atoms with Crippen molar-refractivity contribution < 1.29 is 22.6 Å². The Bertz CT molecular complexity index is 991. The van der Waals surface area contributed by atoms with Crippen LogP contribution < -0.4 is 9.47 Å². The van der Waals surface area contributed by atoms with Crippen LogP contribution in [-0.4, -0.2) is 18.2 Å². The highest BCUT2D eigenvalue weighted by molar-refractivity contribution is 5.41. The Morgan fingerprint density at radius 3 is 2.21 bits per heavy atom. The Hall–Kier alpha value is -2.24. The minimum absolute atomic E-state index is 0.105. The SMILES string of the molecule is CCCCCCCCOc1cc2c(c(F)n1)C(F)(F)C(c1ccc(OCCCCCCC3CC3)cc1)CC2. The molecule has 1 aromatic heterocycles. The number of benzene rings is 1. The lowest BCUT2D eigenvalue weighted by Gasteiger charge is -2.33. The summed E-state index contributed by atoms with van der Waals surface area (Å²) in [5.41, 5.74) is 0.215. The average Bonchev–Trinajstić information content (AvgIpc) is 3.72. The van der Waals surface area contributed by atoms with Gasteiger partial charge in [-0.2, -0.15) is 9.37 Å². The molecule has 0 bridgehead atoms. The topological polar surface area (TPSA) is 31.4 Å². The van der Waals surface area contributed by atoms with Gasteiger partial charge in [-0.3, -0.25) is 0 Å². The van der Waals surface area contributed by atoms with Gasteiger partial charge in [-0.05, 0) is 54.9 Å². The van der Waals surface area contributed by atoms with Crippen molar-refractivity contribution in [2.75, 3.05) is 13.2 Å². The fourth-order valence-electron chi connectivity index (χ4n) is 5.53. The summed E-state index contributed by atoms with van der Waals surface area (Å²) in [6.45, 7) is 3.23. The monoisotopic (exact) mass is 531 g/mol. The third-order valence-electron chi connectivity index (χ3n) is 8.01. The van der Waals surface area contributed by atoms with Crippen molar-refractivity contribution in [3.8, 4) is 11.6 Å². The zero-order valence-corrected chi connectivity index (χ0v) is 23.0. The molecule has 0 saturated heterocycles. The van der Waals surface area contributed by atoms with E-state index in [9.17, 15) is 4.39 Å². The first kappa shape index (κ1) is 28.8. The van der Waals surface area contributed by atoms with Gasteiger partial charge in [-0.25, -0.2) is 8.78 Å². The standard InChI is InChI=1S/C32H44F3NO2/c1-2-3-4-5-7-11-22-38-29-23-26-17-20-28(32(34,35)30(26)31(33)36-29)25-15-18-27(19-16-25)37-21-10-8-6-9-12-24-13-14-24/h15-16,18-19,23-24,28H,2-14,17,20-22H2,1H3. The molecule has 4 rings (SSSR count). The summed E-state index contributed by atoms with van der Waals surface area (Å²) in [5.74, 6) is -3.77. The van der Waals surface area contributed by atoms with Gasteiger partial charge in [-0.15, -0.1) is 0 Å². The number of nitrogens with zero attached hydrogens (tertiary/aromatic N) is 1. The number of hydrogen-bond donors (Lipinski definition) is 0. The highest BCUT2D eigenvalue weighted by Crippen LogP contribution is 2.50. The van der Waals surface area contributed by atoms with Gasteiger partial charge in [0.25, 0.3) is 5.92 Å². The van der Waals surface area contributed by atoms with Gasteiger partial charge < -0.3 is 9.47 Å². The molecule has 1 heterocycles. The van der Waals surface area contributed by atoms with Crippen LogP contribution >= 0.6 is 0 Å². The molecular formula is C32H44F3NO2. The first-order valence-corrected chi connectivity index (χ1v) is 14.9. The molecule has 0 N–H and O–H groups in total. The van der Waals surface area contributed by atoms with E-state index in [2.05, 4.69) is 11.9 Å². The van der Waals surface area contributed by atoms with Crippen molar-refractivity contribution in [2.24, 2.45) is 5.92 Å². The summed E-state index contributed by atoms with van der Waals surface area (Å²) < 4.78 is 57.4. The van der Waals surface area contributed by atoms with Crippen molar-refractivity contribution in [1.82, 2.24) is 4.98 Å². The molecule has 2 aromatic rings. The third-order valence-corrected chi connectivity index (χ3v) is 8.01. The second kappa shape index (κ2) is 14.2. The van der Waals surface area contributed by atoms with Crippen LogP contribution in [0.5, 0.6) is 11.6 Å². The van der Waals surface area contributed by atoms with Gasteiger partial charge in [0, 0.05) is 6.07 Å². The Kier molecular flexibility index (Phi) is 10.8. The molecule has 2 aliphatic rings. The van der Waals surface area contributed by atoms with E-state index in [1.165, 1.54) is 57.4 Å². The van der Waals surface area contributed by atoms with Crippen molar-refractivity contribution >= 4 is 0 Å². The molecule has 210 valence electrons. The molecule has 1 fully saturated rings. The fourth-order valence-corrected chi connectivity index (χ4v) is 5.53. The predicted octanol–water partition coefficient (Wildman–Crippen LogP) is 9.52. The number of aryl methyl sites for hydroxylation is 1. The summed E-state index contributed by atoms with van der Waals surface area (Å²) in [7, 11) is 0. The van der Waals surface area contributed by atoms with Crippen LogP contribution in [0.3, 0.4) is 0 Å². The lowest BCUT2D eigenvalue weighted by atomic mass is 9.77. The molecule has 1 atom stereocenters. The van der Waals surface area contributed by atoms with E-state index in [0.717, 1.165) is 38.0 Å². The Morgan fingerprint density at radius 2 is 1.50 bits per heavy atom. The molecule has 1 aromatic carbocycles. The van der Waals surface area contributed by atoms with Gasteiger partial charge in [-0.1, -0.05) is 89.7 Å². The van der Waals surface area contributed by atoms with Crippen molar-refractivity contribution in [3.05, 3.63) is 53.0 Å². The second-order valence-corrected chi connectivity index (χ2v) is 11.2. The van der Waals surface area contributed by atoms with Crippen molar-refractivity contribution in [1.29, 1.82) is 0 Å². The van der Waals surface area contributed by atoms with Crippen LogP contribution in [0.25, 0.3) is 0 Å². The normalized spacial score (nSPS) is 18.3. The van der Waals surface area contributed by atoms with E-state index in [1.807, 2.05) is 0 Å². The summed E-state index contributed by atoms with van der Waals surface area (Å²) in [6.07, 6.45) is 16.2.